The highest BCUT2D eigenvalue weighted by Crippen LogP contribution is 2.21. The maximum atomic E-state index is 12.7. The van der Waals surface area contributed by atoms with Crippen molar-refractivity contribution in [1.29, 1.82) is 0 Å². The van der Waals surface area contributed by atoms with Crippen molar-refractivity contribution in [3.63, 3.8) is 0 Å². The van der Waals surface area contributed by atoms with Crippen LogP contribution in [-0.4, -0.2) is 48.7 Å². The molecule has 0 aliphatic carbocycles. The number of anilines is 1. The molecule has 10 nitrogen and oxygen atoms in total. The Hall–Kier alpha value is -3.31. The van der Waals surface area contributed by atoms with Crippen LogP contribution in [0.4, 0.5) is 11.4 Å². The van der Waals surface area contributed by atoms with E-state index in [-0.39, 0.29) is 29.2 Å². The molecule has 0 heterocycles. The zero-order valence-electron chi connectivity index (χ0n) is 18.2. The van der Waals surface area contributed by atoms with E-state index >= 15 is 0 Å². The number of esters is 1. The van der Waals surface area contributed by atoms with Crippen LogP contribution in [0.15, 0.2) is 47.4 Å². The largest absolute Gasteiger partial charge is 0.449 e. The van der Waals surface area contributed by atoms with Crippen LogP contribution in [-0.2, 0) is 19.6 Å². The number of nitrogens with one attached hydrogen (secondary N) is 1. The highest BCUT2D eigenvalue weighted by molar-refractivity contribution is 7.89. The minimum absolute atomic E-state index is 0.0354. The number of amides is 1. The van der Waals surface area contributed by atoms with Gasteiger partial charge in [0.2, 0.25) is 10.0 Å². The van der Waals surface area contributed by atoms with Gasteiger partial charge in [-0.1, -0.05) is 19.9 Å². The van der Waals surface area contributed by atoms with Crippen molar-refractivity contribution in [3.05, 3.63) is 63.7 Å². The Morgan fingerprint density at radius 3 is 2.25 bits per heavy atom. The standard InChI is InChI=1S/C21H25N3O7S/c1-5-23(6-2)32(29,30)18-12-7-14(3)19(13-18)21(26)31-15(4)20(25)22-16-8-10-17(11-9-16)24(27)28/h7-13,15H,5-6H2,1-4H3,(H,22,25). The molecular weight excluding hydrogens is 438 g/mol. The molecule has 0 saturated heterocycles. The molecule has 0 bridgehead atoms. The van der Waals surface area contributed by atoms with Crippen molar-refractivity contribution in [2.45, 2.75) is 38.7 Å². The second kappa shape index (κ2) is 10.3. The van der Waals surface area contributed by atoms with Crippen LogP contribution in [0, 0.1) is 17.0 Å². The van der Waals surface area contributed by atoms with E-state index in [9.17, 15) is 28.1 Å². The van der Waals surface area contributed by atoms with Crippen molar-refractivity contribution in [2.24, 2.45) is 0 Å². The fraction of sp³-hybridized carbons (Fsp3) is 0.333. The van der Waals surface area contributed by atoms with E-state index < -0.39 is 32.9 Å². The lowest BCUT2D eigenvalue weighted by Crippen LogP contribution is -2.31. The highest BCUT2D eigenvalue weighted by atomic mass is 32.2. The lowest BCUT2D eigenvalue weighted by atomic mass is 10.1. The summed E-state index contributed by atoms with van der Waals surface area (Å²) in [6, 6.07) is 9.35. The van der Waals surface area contributed by atoms with Crippen molar-refractivity contribution in [2.75, 3.05) is 18.4 Å². The van der Waals surface area contributed by atoms with Crippen molar-refractivity contribution >= 4 is 33.3 Å². The molecule has 172 valence electrons. The number of sulfonamides is 1. The SMILES string of the molecule is CCN(CC)S(=O)(=O)c1ccc(C)c(C(=O)OC(C)C(=O)Nc2ccc([N+](=O)[O-])cc2)c1. The number of carbonyl (C=O) groups is 2. The first-order chi connectivity index (χ1) is 15.0. The van der Waals surface area contributed by atoms with Crippen molar-refractivity contribution in [1.82, 2.24) is 4.31 Å². The summed E-state index contributed by atoms with van der Waals surface area (Å²) in [7, 11) is -3.77. The normalized spacial score (nSPS) is 12.3. The van der Waals surface area contributed by atoms with Gasteiger partial charge in [-0.25, -0.2) is 13.2 Å². The summed E-state index contributed by atoms with van der Waals surface area (Å²) in [5, 5.41) is 13.2. The Bertz CT molecular complexity index is 1110. The van der Waals surface area contributed by atoms with Crippen molar-refractivity contribution in [3.8, 4) is 0 Å². The average molecular weight is 464 g/mol. The minimum Gasteiger partial charge on any atom is -0.449 e. The van der Waals surface area contributed by atoms with Gasteiger partial charge in [0.25, 0.3) is 11.6 Å². The Morgan fingerprint density at radius 1 is 1.12 bits per heavy atom. The number of aryl methyl sites for hydroxylation is 1. The number of rotatable bonds is 9. The first kappa shape index (κ1) is 25.0. The lowest BCUT2D eigenvalue weighted by molar-refractivity contribution is -0.384. The molecular formula is C21H25N3O7S. The van der Waals surface area contributed by atoms with Crippen LogP contribution in [0.25, 0.3) is 0 Å². The van der Waals surface area contributed by atoms with Crippen molar-refractivity contribution < 1.29 is 27.7 Å². The summed E-state index contributed by atoms with van der Waals surface area (Å²) in [6.07, 6.45) is -1.19. The molecule has 2 aromatic carbocycles. The van der Waals surface area contributed by atoms with E-state index in [1.807, 2.05) is 0 Å². The van der Waals surface area contributed by atoms with E-state index in [0.717, 1.165) is 0 Å². The van der Waals surface area contributed by atoms with Crippen LogP contribution in [0.5, 0.6) is 0 Å². The van der Waals surface area contributed by atoms with Gasteiger partial charge in [-0.15, -0.1) is 0 Å². The minimum atomic E-state index is -3.77. The molecule has 0 radical (unpaired) electrons. The second-order valence-electron chi connectivity index (χ2n) is 6.91. The van der Waals surface area contributed by atoms with Gasteiger partial charge < -0.3 is 10.1 Å². The Morgan fingerprint density at radius 2 is 1.72 bits per heavy atom. The molecule has 0 aliphatic rings. The number of nitro groups is 1. The quantitative estimate of drug-likeness (QED) is 0.343. The van der Waals surface area contributed by atoms with E-state index in [2.05, 4.69) is 5.32 Å². The molecule has 2 aromatic rings. The molecule has 2 rings (SSSR count). The molecule has 0 spiro atoms. The van der Waals surface area contributed by atoms with E-state index in [4.69, 9.17) is 4.74 Å². The first-order valence-electron chi connectivity index (χ1n) is 9.88. The van der Waals surface area contributed by atoms with Gasteiger partial charge in [0, 0.05) is 30.9 Å². The maximum absolute atomic E-state index is 12.7. The summed E-state index contributed by atoms with van der Waals surface area (Å²) in [5.74, 6) is -1.48. The van der Waals surface area contributed by atoms with Gasteiger partial charge in [0.15, 0.2) is 6.10 Å². The monoisotopic (exact) mass is 463 g/mol. The number of non-ortho nitro benzene ring substituents is 1. The number of ether oxygens (including phenoxy) is 1. The zero-order chi connectivity index (χ0) is 24.1. The second-order valence-corrected chi connectivity index (χ2v) is 8.84. The maximum Gasteiger partial charge on any atom is 0.339 e. The number of carbonyl (C=O) groups excluding carboxylic acids is 2. The molecule has 32 heavy (non-hydrogen) atoms. The summed E-state index contributed by atoms with van der Waals surface area (Å²) in [5.41, 5.74) is 0.703. The van der Waals surface area contributed by atoms with Gasteiger partial charge in [-0.2, -0.15) is 4.31 Å². The first-order valence-corrected chi connectivity index (χ1v) is 11.3. The third-order valence-electron chi connectivity index (χ3n) is 4.77. The van der Waals surface area contributed by atoms with Crippen LogP contribution in [0.3, 0.4) is 0 Å². The molecule has 1 unspecified atom stereocenters. The fourth-order valence-electron chi connectivity index (χ4n) is 2.88. The molecule has 11 heteroatoms. The predicted molar refractivity (Wildman–Crippen MR) is 118 cm³/mol. The molecule has 0 aromatic heterocycles. The van der Waals surface area contributed by atoms with Crippen LogP contribution >= 0.6 is 0 Å². The fourth-order valence-corrected chi connectivity index (χ4v) is 4.37. The number of hydrogen-bond acceptors (Lipinski definition) is 7. The Balaban J connectivity index is 2.15. The predicted octanol–water partition coefficient (Wildman–Crippen LogP) is 3.12. The van der Waals surface area contributed by atoms with Gasteiger partial charge in [-0.05, 0) is 43.7 Å². The topological polar surface area (TPSA) is 136 Å². The number of nitro benzene ring substituents is 1. The van der Waals surface area contributed by atoms with Crippen LogP contribution in [0.1, 0.15) is 36.7 Å². The zero-order valence-corrected chi connectivity index (χ0v) is 19.0. The molecule has 1 amide bonds. The third-order valence-corrected chi connectivity index (χ3v) is 6.82. The van der Waals surface area contributed by atoms with Gasteiger partial charge >= 0.3 is 5.97 Å². The summed E-state index contributed by atoms with van der Waals surface area (Å²) < 4.78 is 32.0. The number of hydrogen-bond donors (Lipinski definition) is 1. The van der Waals surface area contributed by atoms with Crippen LogP contribution < -0.4 is 5.32 Å². The average Bonchev–Trinajstić information content (AvgIpc) is 2.74. The number of benzene rings is 2. The third kappa shape index (κ3) is 5.68. The van der Waals surface area contributed by atoms with Crippen LogP contribution in [0.2, 0.25) is 0 Å². The molecule has 0 aliphatic heterocycles. The van der Waals surface area contributed by atoms with Gasteiger partial charge in [0.05, 0.1) is 15.4 Å². The summed E-state index contributed by atoms with van der Waals surface area (Å²) in [4.78, 5) is 35.1. The summed E-state index contributed by atoms with van der Waals surface area (Å²) >= 11 is 0. The van der Waals surface area contributed by atoms with Gasteiger partial charge in [0.1, 0.15) is 0 Å². The molecule has 0 saturated carbocycles. The summed E-state index contributed by atoms with van der Waals surface area (Å²) in [6.45, 7) is 7.00. The van der Waals surface area contributed by atoms with E-state index in [1.54, 1.807) is 20.8 Å². The lowest BCUT2D eigenvalue weighted by Gasteiger charge is -2.19. The van der Waals surface area contributed by atoms with Gasteiger partial charge in [-0.3, -0.25) is 14.9 Å². The Kier molecular flexibility index (Phi) is 8.06. The van der Waals surface area contributed by atoms with E-state index in [0.29, 0.717) is 11.3 Å². The van der Waals surface area contributed by atoms with E-state index in [1.165, 1.54) is 53.7 Å². The molecule has 0 fully saturated rings. The molecule has 1 atom stereocenters. The smallest absolute Gasteiger partial charge is 0.339 e. The molecule has 1 N–H and O–H groups in total. The Labute approximate surface area is 186 Å². The highest BCUT2D eigenvalue weighted by Gasteiger charge is 2.25. The number of nitrogens with zero attached hydrogens (tertiary/aromatic N) is 2.